The van der Waals surface area contributed by atoms with Crippen molar-refractivity contribution >= 4 is 11.0 Å². The predicted octanol–water partition coefficient (Wildman–Crippen LogP) is 14.8. The van der Waals surface area contributed by atoms with Crippen LogP contribution in [0.2, 0.25) is 0 Å². The van der Waals surface area contributed by atoms with Crippen LogP contribution in [0.5, 0.6) is 5.75 Å². The van der Waals surface area contributed by atoms with Crippen LogP contribution in [0, 0.1) is 12.9 Å². The number of benzene rings is 7. The molecule has 0 unspecified atom stereocenters. The van der Waals surface area contributed by atoms with Crippen molar-refractivity contribution in [1.82, 2.24) is 14.5 Å². The van der Waals surface area contributed by atoms with E-state index in [9.17, 15) is 5.11 Å². The Hall–Kier alpha value is -6.35. The van der Waals surface area contributed by atoms with Gasteiger partial charge in [0.25, 0.3) is 0 Å². The largest absolute Gasteiger partial charge is 0.507 e. The Kier molecular flexibility index (Phi) is 9.04. The Morgan fingerprint density at radius 1 is 0.597 bits per heavy atom. The maximum absolute atomic E-state index is 11.6. The molecule has 62 heavy (non-hydrogen) atoms. The van der Waals surface area contributed by atoms with Gasteiger partial charge in [-0.15, -0.1) is 29.3 Å². The Balaban J connectivity index is 0.00000659. The Bertz CT molecular complexity index is 3430. The molecule has 2 heterocycles. The van der Waals surface area contributed by atoms with Gasteiger partial charge in [-0.1, -0.05) is 168 Å². The molecule has 0 saturated heterocycles. The van der Waals surface area contributed by atoms with Crippen LogP contribution in [0.15, 0.2) is 170 Å². The third-order valence-electron chi connectivity index (χ3n) is 11.2. The van der Waals surface area contributed by atoms with Crippen molar-refractivity contribution in [2.75, 3.05) is 0 Å². The molecule has 4 nitrogen and oxygen atoms in total. The summed E-state index contributed by atoms with van der Waals surface area (Å²) >= 11 is 0. The van der Waals surface area contributed by atoms with Gasteiger partial charge in [-0.25, -0.2) is 4.98 Å². The summed E-state index contributed by atoms with van der Waals surface area (Å²) in [7, 11) is 0. The first kappa shape index (κ1) is 33.3. The molecule has 0 spiro atoms. The van der Waals surface area contributed by atoms with E-state index < -0.39 is 25.0 Å². The summed E-state index contributed by atoms with van der Waals surface area (Å²) in [5, 5.41) is 11.6. The second kappa shape index (κ2) is 16.8. The second-order valence-electron chi connectivity index (χ2n) is 17.4. The number of rotatable bonds is 7. The van der Waals surface area contributed by atoms with Crippen LogP contribution in [0.1, 0.15) is 69.2 Å². The molecule has 5 heteroatoms. The van der Waals surface area contributed by atoms with E-state index in [1.54, 1.807) is 42.6 Å². The summed E-state index contributed by atoms with van der Waals surface area (Å²) < 4.78 is 70.8. The van der Waals surface area contributed by atoms with Crippen molar-refractivity contribution in [3.05, 3.63) is 193 Å². The normalized spacial score (nSPS) is 13.8. The Labute approximate surface area is 391 Å². The van der Waals surface area contributed by atoms with Crippen LogP contribution < -0.4 is 0 Å². The third-order valence-corrected chi connectivity index (χ3v) is 11.2. The van der Waals surface area contributed by atoms with Crippen LogP contribution in [0.25, 0.3) is 83.9 Å². The van der Waals surface area contributed by atoms with Gasteiger partial charge in [0.05, 0.1) is 29.1 Å². The van der Waals surface area contributed by atoms with Crippen molar-refractivity contribution < 1.29 is 37.1 Å². The number of para-hydroxylation sites is 2. The zero-order chi connectivity index (χ0) is 49.3. The molecule has 9 rings (SSSR count). The molecule has 0 aliphatic heterocycles. The van der Waals surface area contributed by atoms with Crippen LogP contribution in [-0.2, 0) is 31.9 Å². The van der Waals surface area contributed by atoms with E-state index in [1.165, 1.54) is 0 Å². The van der Waals surface area contributed by atoms with Crippen molar-refractivity contribution in [3.8, 4) is 78.6 Å². The van der Waals surface area contributed by atoms with Crippen molar-refractivity contribution in [1.29, 1.82) is 0 Å². The van der Waals surface area contributed by atoms with Gasteiger partial charge in [-0.3, -0.25) is 9.55 Å². The summed E-state index contributed by atoms with van der Waals surface area (Å²) in [6.45, 7) is 10.3. The summed E-state index contributed by atoms with van der Waals surface area (Å²) in [4.78, 5) is 10.1. The molecule has 1 N–H and O–H groups in total. The Morgan fingerprint density at radius 2 is 1.27 bits per heavy atom. The molecule has 0 bridgehead atoms. The fourth-order valence-corrected chi connectivity index (χ4v) is 7.83. The maximum Gasteiger partial charge on any atom is 0.148 e. The molecule has 310 valence electrons. The van der Waals surface area contributed by atoms with E-state index in [0.717, 1.165) is 27.8 Å². The fraction of sp³-hybridized carbons (Fsp3) is 0.158. The van der Waals surface area contributed by atoms with Crippen LogP contribution in [-0.4, -0.2) is 19.6 Å². The van der Waals surface area contributed by atoms with Gasteiger partial charge < -0.3 is 5.11 Å². The fourth-order valence-electron chi connectivity index (χ4n) is 7.83. The van der Waals surface area contributed by atoms with E-state index in [4.69, 9.17) is 20.9 Å². The average Bonchev–Trinajstić information content (AvgIpc) is 3.71. The number of pyridine rings is 1. The van der Waals surface area contributed by atoms with Crippen molar-refractivity contribution in [2.45, 2.75) is 59.2 Å². The first-order chi connectivity index (χ1) is 32.6. The number of nitrogens with zero attached hydrogens (tertiary/aromatic N) is 3. The van der Waals surface area contributed by atoms with Crippen LogP contribution >= 0.6 is 0 Å². The number of imidazole rings is 1. The zero-order valence-electron chi connectivity index (χ0n) is 43.4. The minimum absolute atomic E-state index is 0. The van der Waals surface area contributed by atoms with E-state index in [0.29, 0.717) is 61.6 Å². The molecule has 9 aromatic rings. The topological polar surface area (TPSA) is 50.9 Å². The number of fused-ring (bicyclic) bond motifs is 1. The number of aryl methyl sites for hydroxylation is 1. The molecule has 0 saturated carbocycles. The molecular formula is C57H50N3OPt-. The zero-order valence-corrected chi connectivity index (χ0v) is 37.7. The molecule has 0 radical (unpaired) electrons. The molecular weight excluding hydrogens is 938 g/mol. The van der Waals surface area contributed by atoms with E-state index in [1.807, 2.05) is 71.3 Å². The predicted molar refractivity (Wildman–Crippen MR) is 254 cm³/mol. The maximum atomic E-state index is 11.6. The summed E-state index contributed by atoms with van der Waals surface area (Å²) in [5.74, 6) is 0.393. The van der Waals surface area contributed by atoms with Gasteiger partial charge in [0, 0.05) is 42.6 Å². The smallest absolute Gasteiger partial charge is 0.148 e. The first-order valence-electron chi connectivity index (χ1n) is 24.4. The monoisotopic (exact) mass is 995 g/mol. The van der Waals surface area contributed by atoms with Gasteiger partial charge in [0.15, 0.2) is 0 Å². The molecule has 0 aliphatic carbocycles. The molecule has 2 aromatic heterocycles. The number of hydrogen-bond donors (Lipinski definition) is 1. The summed E-state index contributed by atoms with van der Waals surface area (Å²) in [5.41, 5.74) is 9.98. The molecule has 7 aromatic carbocycles. The van der Waals surface area contributed by atoms with E-state index >= 15 is 0 Å². The first-order valence-corrected chi connectivity index (χ1v) is 20.4. The second-order valence-corrected chi connectivity index (χ2v) is 17.4. The number of hydrogen-bond acceptors (Lipinski definition) is 3. The molecule has 0 fully saturated rings. The van der Waals surface area contributed by atoms with Gasteiger partial charge in [0.1, 0.15) is 11.6 Å². The van der Waals surface area contributed by atoms with E-state index in [2.05, 4.69) is 77.9 Å². The molecule has 0 aliphatic rings. The standard InChI is InChI=1S/C57H50N3O.Pt/c1-37-31-52(49(36-48(37)39-19-12-9-13-20-39)40-25-27-44(28-26-40)56(2,3)4)60-51-23-16-22-46(54(51)59-55(60)47-21-14-15-24-53(47)61)42-32-43(34-45(33-42)57(5,6)7)50-35-41(29-30-58-50)38-17-10-8-11-18-38;/h8-31,33-36,61H,1-7H3;/q-1;/i1D3,8D,10D,11D,17D,18D;. The molecule has 0 amide bonds. The van der Waals surface area contributed by atoms with Gasteiger partial charge in [-0.2, -0.15) is 0 Å². The van der Waals surface area contributed by atoms with Gasteiger partial charge in [0.2, 0.25) is 0 Å². The van der Waals surface area contributed by atoms with Crippen molar-refractivity contribution in [2.24, 2.45) is 0 Å². The Morgan fingerprint density at radius 3 is 1.98 bits per heavy atom. The van der Waals surface area contributed by atoms with E-state index in [-0.39, 0.29) is 60.9 Å². The number of aromatic hydroxyl groups is 1. The average molecular weight is 996 g/mol. The number of phenolic OH excluding ortho intramolecular Hbond substituents is 1. The third kappa shape index (κ3) is 8.20. The summed E-state index contributed by atoms with van der Waals surface area (Å²) in [6.07, 6.45) is 1.56. The van der Waals surface area contributed by atoms with Crippen LogP contribution in [0.3, 0.4) is 0 Å². The SMILES string of the molecule is [2H]c1c([2H])c([2H])c(-c2ccnc(-c3[c-]c(-c4cccc5c4nc(-c4ccccc4O)n5-c4cc(C([2H])([2H])[2H])c(-c5ccccc5)cc4-c4ccc(C(C)(C)C)cc4)cc(C(C)(C)C)c3)c2)c([2H])c1[2H].[Pt]. The van der Waals surface area contributed by atoms with Gasteiger partial charge >= 0.3 is 0 Å². The van der Waals surface area contributed by atoms with Crippen LogP contribution in [0.4, 0.5) is 0 Å². The quantitative estimate of drug-likeness (QED) is 0.162. The van der Waals surface area contributed by atoms with Crippen molar-refractivity contribution in [3.63, 3.8) is 0 Å². The minimum atomic E-state index is -2.52. The minimum Gasteiger partial charge on any atom is -0.507 e. The number of aromatic nitrogens is 3. The number of phenols is 1. The molecule has 0 atom stereocenters. The van der Waals surface area contributed by atoms with Gasteiger partial charge in [-0.05, 0) is 93.0 Å². The summed E-state index contributed by atoms with van der Waals surface area (Å²) in [6, 6.07) is 43.6.